The molecule has 0 radical (unpaired) electrons. The van der Waals surface area contributed by atoms with Crippen LogP contribution in [0.2, 0.25) is 0 Å². The Labute approximate surface area is 264 Å². The zero-order valence-electron chi connectivity index (χ0n) is 24.7. The van der Waals surface area contributed by atoms with E-state index in [-0.39, 0.29) is 0 Å². The van der Waals surface area contributed by atoms with Crippen LogP contribution >= 0.6 is 0 Å². The van der Waals surface area contributed by atoms with Gasteiger partial charge in [0.1, 0.15) is 11.6 Å². The molecule has 5 heteroatoms. The molecule has 0 unspecified atom stereocenters. The summed E-state index contributed by atoms with van der Waals surface area (Å²) in [6, 6.07) is 50.4. The van der Waals surface area contributed by atoms with E-state index in [2.05, 4.69) is 135 Å². The molecule has 0 amide bonds. The SMILES string of the molecule is N#Cc1ccc(-c2ccccc2-c2cc(-n3c4ccccc4c4ccccc43)nc(-n3c4ccccc4c4ccncc43)c2)cc1. The van der Waals surface area contributed by atoms with Crippen LogP contribution in [0.5, 0.6) is 0 Å². The molecule has 0 fully saturated rings. The monoisotopic (exact) mass is 587 g/mol. The summed E-state index contributed by atoms with van der Waals surface area (Å²) in [6.45, 7) is 0. The van der Waals surface area contributed by atoms with E-state index < -0.39 is 0 Å². The standard InChI is InChI=1S/C41H25N5/c42-25-27-17-19-28(20-18-27)30-9-1-2-10-31(30)29-23-40(45-36-14-6-3-11-32(36)33-12-4-7-15-37(33)45)44-41(24-29)46-38-16-8-5-13-34(38)35-21-22-43-26-39(35)46/h1-24,26H. The van der Waals surface area contributed by atoms with Gasteiger partial charge in [-0.25, -0.2) is 4.98 Å². The summed E-state index contributed by atoms with van der Waals surface area (Å²) in [5.41, 5.74) is 9.17. The van der Waals surface area contributed by atoms with Crippen LogP contribution in [0, 0.1) is 11.3 Å². The van der Waals surface area contributed by atoms with E-state index >= 15 is 0 Å². The van der Waals surface area contributed by atoms with E-state index in [1.165, 1.54) is 10.8 Å². The number of fused-ring (bicyclic) bond motifs is 6. The van der Waals surface area contributed by atoms with E-state index in [1.54, 1.807) is 0 Å². The highest BCUT2D eigenvalue weighted by Gasteiger charge is 2.19. The van der Waals surface area contributed by atoms with E-state index in [4.69, 9.17) is 4.98 Å². The van der Waals surface area contributed by atoms with Gasteiger partial charge in [0.15, 0.2) is 0 Å². The molecule has 0 N–H and O–H groups in total. The summed E-state index contributed by atoms with van der Waals surface area (Å²) in [6.07, 6.45) is 3.77. The van der Waals surface area contributed by atoms with Gasteiger partial charge in [-0.05, 0) is 70.8 Å². The summed E-state index contributed by atoms with van der Waals surface area (Å²) in [4.78, 5) is 9.95. The van der Waals surface area contributed by atoms with Crippen molar-refractivity contribution in [3.8, 4) is 40.0 Å². The predicted molar refractivity (Wildman–Crippen MR) is 186 cm³/mol. The molecule has 0 aliphatic carbocycles. The van der Waals surface area contributed by atoms with Crippen molar-refractivity contribution in [1.82, 2.24) is 19.1 Å². The Morgan fingerprint density at radius 2 is 0.957 bits per heavy atom. The topological polar surface area (TPSA) is 59.4 Å². The summed E-state index contributed by atoms with van der Waals surface area (Å²) >= 11 is 0. The van der Waals surface area contributed by atoms with Crippen molar-refractivity contribution in [1.29, 1.82) is 5.26 Å². The average Bonchev–Trinajstić information content (AvgIpc) is 3.65. The molecule has 0 spiro atoms. The maximum atomic E-state index is 9.41. The van der Waals surface area contributed by atoms with Crippen LogP contribution in [-0.2, 0) is 0 Å². The first kappa shape index (κ1) is 25.9. The van der Waals surface area contributed by atoms with Gasteiger partial charge in [-0.15, -0.1) is 0 Å². The molecule has 46 heavy (non-hydrogen) atoms. The summed E-state index contributed by atoms with van der Waals surface area (Å²) in [5.74, 6) is 1.64. The van der Waals surface area contributed by atoms with E-state index in [9.17, 15) is 5.26 Å². The lowest BCUT2D eigenvalue weighted by Crippen LogP contribution is -2.04. The van der Waals surface area contributed by atoms with Gasteiger partial charge >= 0.3 is 0 Å². The molecule has 0 saturated heterocycles. The van der Waals surface area contributed by atoms with E-state index in [1.807, 2.05) is 36.7 Å². The fourth-order valence-electron chi connectivity index (χ4n) is 6.83. The van der Waals surface area contributed by atoms with E-state index in [0.717, 1.165) is 66.7 Å². The van der Waals surface area contributed by atoms with Crippen LogP contribution in [0.15, 0.2) is 152 Å². The normalized spacial score (nSPS) is 11.5. The Bertz CT molecular complexity index is 2410. The zero-order chi connectivity index (χ0) is 30.6. The van der Waals surface area contributed by atoms with Gasteiger partial charge in [-0.3, -0.25) is 14.1 Å². The lowest BCUT2D eigenvalue weighted by Gasteiger charge is -2.16. The molecule has 4 aromatic heterocycles. The lowest BCUT2D eigenvalue weighted by molar-refractivity contribution is 1.01. The van der Waals surface area contributed by atoms with Crippen LogP contribution in [-0.4, -0.2) is 19.1 Å². The van der Waals surface area contributed by atoms with Crippen LogP contribution in [0.1, 0.15) is 5.56 Å². The number of pyridine rings is 2. The Kier molecular flexibility index (Phi) is 5.81. The second-order valence-electron chi connectivity index (χ2n) is 11.4. The van der Waals surface area contributed by atoms with Gasteiger partial charge in [-0.1, -0.05) is 91.0 Å². The molecular weight excluding hydrogens is 562 g/mol. The van der Waals surface area contributed by atoms with Gasteiger partial charge in [-0.2, -0.15) is 5.26 Å². The molecule has 214 valence electrons. The summed E-state index contributed by atoms with van der Waals surface area (Å²) in [5, 5.41) is 14.1. The third-order valence-corrected chi connectivity index (χ3v) is 8.88. The predicted octanol–water partition coefficient (Wildman–Crippen LogP) is 9.88. The van der Waals surface area contributed by atoms with Crippen molar-refractivity contribution in [2.45, 2.75) is 0 Å². The Morgan fingerprint density at radius 3 is 1.52 bits per heavy atom. The van der Waals surface area contributed by atoms with Crippen LogP contribution in [0.4, 0.5) is 0 Å². The minimum atomic E-state index is 0.640. The van der Waals surface area contributed by atoms with Crippen LogP contribution in [0.3, 0.4) is 0 Å². The smallest absolute Gasteiger partial charge is 0.140 e. The first-order valence-electron chi connectivity index (χ1n) is 15.2. The minimum Gasteiger partial charge on any atom is -0.294 e. The number of hydrogen-bond acceptors (Lipinski definition) is 3. The van der Waals surface area contributed by atoms with Crippen molar-refractivity contribution in [2.24, 2.45) is 0 Å². The molecule has 5 nitrogen and oxygen atoms in total. The second kappa shape index (κ2) is 10.3. The molecule has 0 saturated carbocycles. The number of benzene rings is 5. The van der Waals surface area contributed by atoms with Crippen molar-refractivity contribution >= 4 is 43.6 Å². The lowest BCUT2D eigenvalue weighted by atomic mass is 9.94. The number of nitrogens with zero attached hydrogens (tertiary/aromatic N) is 5. The number of nitriles is 1. The Morgan fingerprint density at radius 1 is 0.478 bits per heavy atom. The number of hydrogen-bond donors (Lipinski definition) is 0. The number of rotatable bonds is 4. The molecule has 9 aromatic rings. The van der Waals surface area contributed by atoms with E-state index in [0.29, 0.717) is 5.56 Å². The quantitative estimate of drug-likeness (QED) is 0.206. The maximum absolute atomic E-state index is 9.41. The van der Waals surface area contributed by atoms with Crippen molar-refractivity contribution in [2.75, 3.05) is 0 Å². The molecular formula is C41H25N5. The molecule has 5 aromatic carbocycles. The average molecular weight is 588 g/mol. The maximum Gasteiger partial charge on any atom is 0.140 e. The van der Waals surface area contributed by atoms with Gasteiger partial charge in [0.05, 0.1) is 39.9 Å². The Hall–Kier alpha value is -6.51. The minimum absolute atomic E-state index is 0.640. The fourth-order valence-corrected chi connectivity index (χ4v) is 6.83. The molecule has 0 aliphatic heterocycles. The molecule has 4 heterocycles. The highest BCUT2D eigenvalue weighted by molar-refractivity contribution is 6.10. The molecule has 0 atom stereocenters. The number of para-hydroxylation sites is 3. The first-order valence-corrected chi connectivity index (χ1v) is 15.2. The highest BCUT2D eigenvalue weighted by atomic mass is 15.1. The Balaban J connectivity index is 1.39. The zero-order valence-corrected chi connectivity index (χ0v) is 24.7. The van der Waals surface area contributed by atoms with Gasteiger partial charge in [0.25, 0.3) is 0 Å². The van der Waals surface area contributed by atoms with Gasteiger partial charge in [0, 0.05) is 27.7 Å². The van der Waals surface area contributed by atoms with Crippen molar-refractivity contribution < 1.29 is 0 Å². The van der Waals surface area contributed by atoms with Crippen LogP contribution in [0.25, 0.3) is 77.5 Å². The summed E-state index contributed by atoms with van der Waals surface area (Å²) < 4.78 is 4.50. The fraction of sp³-hybridized carbons (Fsp3) is 0. The van der Waals surface area contributed by atoms with Crippen LogP contribution < -0.4 is 0 Å². The molecule has 9 rings (SSSR count). The highest BCUT2D eigenvalue weighted by Crippen LogP contribution is 2.38. The molecule has 0 aliphatic rings. The molecule has 0 bridgehead atoms. The largest absolute Gasteiger partial charge is 0.294 e. The summed E-state index contributed by atoms with van der Waals surface area (Å²) in [7, 11) is 0. The third-order valence-electron chi connectivity index (χ3n) is 8.88. The number of aromatic nitrogens is 4. The van der Waals surface area contributed by atoms with Gasteiger partial charge < -0.3 is 0 Å². The second-order valence-corrected chi connectivity index (χ2v) is 11.4. The van der Waals surface area contributed by atoms with Crippen molar-refractivity contribution in [3.63, 3.8) is 0 Å². The van der Waals surface area contributed by atoms with Crippen molar-refractivity contribution in [3.05, 3.63) is 157 Å². The first-order chi connectivity index (χ1) is 22.8. The third kappa shape index (κ3) is 3.94. The van der Waals surface area contributed by atoms with Gasteiger partial charge in [0.2, 0.25) is 0 Å².